The van der Waals surface area contributed by atoms with E-state index in [4.69, 9.17) is 5.73 Å². The molecule has 7 heteroatoms. The van der Waals surface area contributed by atoms with E-state index in [-0.39, 0.29) is 11.7 Å². The molecule has 2 aromatic heterocycles. The number of carbonyl (C=O) groups is 1. The molecule has 3 N–H and O–H groups in total. The number of halogens is 1. The van der Waals surface area contributed by atoms with Gasteiger partial charge in [0.1, 0.15) is 5.82 Å². The summed E-state index contributed by atoms with van der Waals surface area (Å²) in [6.45, 7) is 4.10. The Labute approximate surface area is 123 Å². The summed E-state index contributed by atoms with van der Waals surface area (Å²) in [5.74, 6) is 0.219. The first-order valence-corrected chi connectivity index (χ1v) is 7.32. The fourth-order valence-electron chi connectivity index (χ4n) is 1.40. The first kappa shape index (κ1) is 14.0. The van der Waals surface area contributed by atoms with E-state index in [1.807, 2.05) is 5.38 Å². The van der Waals surface area contributed by atoms with E-state index >= 15 is 0 Å². The van der Waals surface area contributed by atoms with Gasteiger partial charge in [-0.1, -0.05) is 13.8 Å². The average molecular weight is 341 g/mol. The van der Waals surface area contributed by atoms with Crippen molar-refractivity contribution in [1.29, 1.82) is 0 Å². The molecule has 0 radical (unpaired) electrons. The number of pyridine rings is 1. The molecule has 0 unspecified atom stereocenters. The molecule has 0 saturated carbocycles. The molecular formula is C12H13BrN4OS. The normalized spacial score (nSPS) is 10.7. The van der Waals surface area contributed by atoms with Crippen molar-refractivity contribution in [1.82, 2.24) is 9.97 Å². The second kappa shape index (κ2) is 5.66. The lowest BCUT2D eigenvalue weighted by Crippen LogP contribution is -2.14. The third-order valence-corrected chi connectivity index (χ3v) is 3.67. The predicted octanol–water partition coefficient (Wildman–Crippen LogP) is 3.26. The molecule has 0 fully saturated rings. The molecule has 2 heterocycles. The molecule has 0 aliphatic carbocycles. The molecule has 2 rings (SSSR count). The van der Waals surface area contributed by atoms with E-state index in [1.54, 1.807) is 12.3 Å². The fraction of sp³-hybridized carbons (Fsp3) is 0.250. The van der Waals surface area contributed by atoms with Crippen molar-refractivity contribution in [3.05, 3.63) is 33.4 Å². The Hall–Kier alpha value is -1.47. The maximum Gasteiger partial charge on any atom is 0.261 e. The third kappa shape index (κ3) is 3.30. The molecule has 5 nitrogen and oxygen atoms in total. The Morgan fingerprint density at radius 2 is 2.26 bits per heavy atom. The predicted molar refractivity (Wildman–Crippen MR) is 80.5 cm³/mol. The molecule has 100 valence electrons. The zero-order valence-corrected chi connectivity index (χ0v) is 12.9. The van der Waals surface area contributed by atoms with E-state index in [9.17, 15) is 4.79 Å². The Morgan fingerprint density at radius 3 is 2.89 bits per heavy atom. The summed E-state index contributed by atoms with van der Waals surface area (Å²) in [5.41, 5.74) is 6.98. The van der Waals surface area contributed by atoms with Gasteiger partial charge in [-0.15, -0.1) is 11.3 Å². The average Bonchev–Trinajstić information content (AvgIpc) is 2.80. The number of hydrogen-bond donors (Lipinski definition) is 2. The molecule has 0 saturated heterocycles. The maximum absolute atomic E-state index is 12.1. The van der Waals surface area contributed by atoms with E-state index in [0.29, 0.717) is 21.1 Å². The van der Waals surface area contributed by atoms with Gasteiger partial charge >= 0.3 is 0 Å². The molecule has 0 spiro atoms. The van der Waals surface area contributed by atoms with Gasteiger partial charge in [0.25, 0.3) is 5.91 Å². The van der Waals surface area contributed by atoms with Crippen LogP contribution in [0.15, 0.2) is 22.1 Å². The highest BCUT2D eigenvalue weighted by molar-refractivity contribution is 9.10. The molecule has 1 amide bonds. The van der Waals surface area contributed by atoms with Gasteiger partial charge in [-0.3, -0.25) is 10.1 Å². The van der Waals surface area contributed by atoms with Crippen LogP contribution >= 0.6 is 27.3 Å². The monoisotopic (exact) mass is 340 g/mol. The van der Waals surface area contributed by atoms with Crippen molar-refractivity contribution in [2.45, 2.75) is 19.8 Å². The van der Waals surface area contributed by atoms with Gasteiger partial charge in [-0.2, -0.15) is 0 Å². The summed E-state index contributed by atoms with van der Waals surface area (Å²) in [7, 11) is 0. The number of nitrogens with one attached hydrogen (secondary N) is 1. The standard InChI is InChI=1S/C12H13BrN4OS/c1-6(2)9-5-19-12(16-9)17-11(18)8-3-7(13)4-15-10(8)14/h3-6H,1-2H3,(H2,14,15)(H,16,17,18). The highest BCUT2D eigenvalue weighted by Gasteiger charge is 2.14. The van der Waals surface area contributed by atoms with Gasteiger partial charge in [0.15, 0.2) is 5.13 Å². The van der Waals surface area contributed by atoms with Crippen LogP contribution < -0.4 is 11.1 Å². The lowest BCUT2D eigenvalue weighted by atomic mass is 10.2. The minimum Gasteiger partial charge on any atom is -0.383 e. The maximum atomic E-state index is 12.1. The number of amides is 1. The number of nitrogens with zero attached hydrogens (tertiary/aromatic N) is 2. The van der Waals surface area contributed by atoms with Crippen LogP contribution in [0.25, 0.3) is 0 Å². The number of nitrogens with two attached hydrogens (primary N) is 1. The number of nitrogen functional groups attached to an aromatic ring is 1. The Bertz CT molecular complexity index is 612. The van der Waals surface area contributed by atoms with Gasteiger partial charge in [0.2, 0.25) is 0 Å². The molecule has 19 heavy (non-hydrogen) atoms. The summed E-state index contributed by atoms with van der Waals surface area (Å²) < 4.78 is 0.703. The molecule has 0 bridgehead atoms. The van der Waals surface area contributed by atoms with Crippen LogP contribution in [0.4, 0.5) is 10.9 Å². The van der Waals surface area contributed by atoms with Gasteiger partial charge in [0.05, 0.1) is 11.3 Å². The van der Waals surface area contributed by atoms with Crippen LogP contribution in [0.3, 0.4) is 0 Å². The molecule has 2 aromatic rings. The lowest BCUT2D eigenvalue weighted by Gasteiger charge is -2.05. The quantitative estimate of drug-likeness (QED) is 0.898. The van der Waals surface area contributed by atoms with Gasteiger partial charge in [0, 0.05) is 16.0 Å². The largest absolute Gasteiger partial charge is 0.383 e. The second-order valence-electron chi connectivity index (χ2n) is 4.27. The van der Waals surface area contributed by atoms with Crippen molar-refractivity contribution in [2.24, 2.45) is 0 Å². The number of hydrogen-bond acceptors (Lipinski definition) is 5. The summed E-state index contributed by atoms with van der Waals surface area (Å²) >= 11 is 4.66. The number of carbonyl (C=O) groups excluding carboxylic acids is 1. The summed E-state index contributed by atoms with van der Waals surface area (Å²) in [4.78, 5) is 20.3. The molecule has 0 aliphatic heterocycles. The zero-order chi connectivity index (χ0) is 14.0. The van der Waals surface area contributed by atoms with Crippen molar-refractivity contribution in [3.8, 4) is 0 Å². The number of thiazole rings is 1. The molecule has 0 aromatic carbocycles. The molecular weight excluding hydrogens is 328 g/mol. The van der Waals surface area contributed by atoms with Crippen molar-refractivity contribution >= 4 is 44.1 Å². The second-order valence-corrected chi connectivity index (χ2v) is 6.05. The van der Waals surface area contributed by atoms with Gasteiger partial charge in [-0.25, -0.2) is 9.97 Å². The van der Waals surface area contributed by atoms with E-state index in [1.165, 1.54) is 11.3 Å². The highest BCUT2D eigenvalue weighted by atomic mass is 79.9. The van der Waals surface area contributed by atoms with Crippen LogP contribution in [0, 0.1) is 0 Å². The van der Waals surface area contributed by atoms with Crippen molar-refractivity contribution in [3.63, 3.8) is 0 Å². The van der Waals surface area contributed by atoms with Gasteiger partial charge in [-0.05, 0) is 27.9 Å². The van der Waals surface area contributed by atoms with E-state index in [2.05, 4.69) is 45.1 Å². The number of anilines is 2. The molecule has 0 aliphatic rings. The van der Waals surface area contributed by atoms with Gasteiger partial charge < -0.3 is 5.73 Å². The summed E-state index contributed by atoms with van der Waals surface area (Å²) in [6.07, 6.45) is 1.55. The van der Waals surface area contributed by atoms with Crippen molar-refractivity contribution < 1.29 is 4.79 Å². The van der Waals surface area contributed by atoms with Crippen LogP contribution in [0.1, 0.15) is 35.8 Å². The van der Waals surface area contributed by atoms with Crippen molar-refractivity contribution in [2.75, 3.05) is 11.1 Å². The third-order valence-electron chi connectivity index (χ3n) is 2.46. The van der Waals surface area contributed by atoms with E-state index < -0.39 is 0 Å². The molecule has 0 atom stereocenters. The summed E-state index contributed by atoms with van der Waals surface area (Å²) in [5, 5.41) is 5.23. The minimum atomic E-state index is -0.309. The van der Waals surface area contributed by atoms with Crippen LogP contribution in [0.5, 0.6) is 0 Å². The Balaban J connectivity index is 2.18. The number of rotatable bonds is 3. The lowest BCUT2D eigenvalue weighted by molar-refractivity contribution is 0.102. The van der Waals surface area contributed by atoms with Crippen LogP contribution in [-0.4, -0.2) is 15.9 Å². The van der Waals surface area contributed by atoms with E-state index in [0.717, 1.165) is 5.69 Å². The SMILES string of the molecule is CC(C)c1csc(NC(=O)c2cc(Br)cnc2N)n1. The Kier molecular flexibility index (Phi) is 4.16. The fourth-order valence-corrected chi connectivity index (χ4v) is 2.60. The smallest absolute Gasteiger partial charge is 0.261 e. The number of aromatic nitrogens is 2. The Morgan fingerprint density at radius 1 is 1.53 bits per heavy atom. The first-order chi connectivity index (χ1) is 8.97. The topological polar surface area (TPSA) is 80.9 Å². The summed E-state index contributed by atoms with van der Waals surface area (Å²) in [6, 6.07) is 1.63. The first-order valence-electron chi connectivity index (χ1n) is 5.65. The minimum absolute atomic E-state index is 0.196. The van der Waals surface area contributed by atoms with Crippen LogP contribution in [0.2, 0.25) is 0 Å². The zero-order valence-electron chi connectivity index (χ0n) is 10.5. The highest BCUT2D eigenvalue weighted by Crippen LogP contribution is 2.23. The van der Waals surface area contributed by atoms with Crippen LogP contribution in [-0.2, 0) is 0 Å².